The minimum absolute atomic E-state index is 0.0137. The molecule has 0 bridgehead atoms. The highest BCUT2D eigenvalue weighted by Gasteiger charge is 2.24. The number of aromatic nitrogens is 2. The number of amides is 2. The maximum Gasteiger partial charge on any atom is 0.414 e. The number of nitrogens with two attached hydrogens (primary N) is 1. The van der Waals surface area contributed by atoms with Gasteiger partial charge in [0.25, 0.3) is 15.9 Å². The molecule has 0 unspecified atom stereocenters. The highest BCUT2D eigenvalue weighted by atomic mass is 32.2. The molecule has 0 saturated heterocycles. The average molecular weight is 650 g/mol. The molecule has 13 nitrogen and oxygen atoms in total. The van der Waals surface area contributed by atoms with Gasteiger partial charge in [0.2, 0.25) is 11.7 Å². The van der Waals surface area contributed by atoms with Crippen molar-refractivity contribution in [2.24, 2.45) is 5.73 Å². The van der Waals surface area contributed by atoms with Crippen LogP contribution in [0, 0.1) is 0 Å². The van der Waals surface area contributed by atoms with Crippen molar-refractivity contribution in [2.75, 3.05) is 36.5 Å². The monoisotopic (exact) mass is 649 g/mol. The maximum absolute atomic E-state index is 13.4. The minimum Gasteiger partial charge on any atom is -0.497 e. The molecule has 2 amide bonds. The Kier molecular flexibility index (Phi) is 10.6. The summed E-state index contributed by atoms with van der Waals surface area (Å²) in [5.74, 6) is -0.420. The fraction of sp³-hybridized carbons (Fsp3) is 0.250. The summed E-state index contributed by atoms with van der Waals surface area (Å²) in [5.41, 5.74) is 6.54. The van der Waals surface area contributed by atoms with E-state index < -0.39 is 28.6 Å². The molecule has 0 aliphatic rings. The van der Waals surface area contributed by atoms with E-state index in [9.17, 15) is 18.0 Å². The van der Waals surface area contributed by atoms with Crippen molar-refractivity contribution >= 4 is 33.5 Å². The number of hydrogen-bond acceptors (Lipinski definition) is 10. The summed E-state index contributed by atoms with van der Waals surface area (Å²) in [4.78, 5) is 33.7. The van der Waals surface area contributed by atoms with Crippen LogP contribution in [0.3, 0.4) is 0 Å². The molecule has 3 N–H and O–H groups in total. The number of hydrogen-bond donors (Lipinski definition) is 2. The van der Waals surface area contributed by atoms with Crippen LogP contribution in [0.1, 0.15) is 26.3 Å². The number of nitrogens with zero attached hydrogens (tertiary/aromatic N) is 3. The van der Waals surface area contributed by atoms with Crippen molar-refractivity contribution in [2.45, 2.75) is 31.1 Å². The summed E-state index contributed by atoms with van der Waals surface area (Å²) in [7, 11) is -2.62. The second-order valence-electron chi connectivity index (χ2n) is 10.9. The fourth-order valence-corrected chi connectivity index (χ4v) is 5.11. The predicted molar refractivity (Wildman–Crippen MR) is 171 cm³/mol. The summed E-state index contributed by atoms with van der Waals surface area (Å²) >= 11 is 0. The molecule has 242 valence electrons. The third-order valence-corrected chi connectivity index (χ3v) is 7.80. The second-order valence-corrected chi connectivity index (χ2v) is 12.6. The lowest BCUT2D eigenvalue weighted by Gasteiger charge is -2.21. The van der Waals surface area contributed by atoms with Crippen molar-refractivity contribution in [3.8, 4) is 23.1 Å². The number of para-hydroxylation sites is 1. The topological polar surface area (TPSA) is 172 Å². The van der Waals surface area contributed by atoms with Crippen molar-refractivity contribution < 1.29 is 37.0 Å². The lowest BCUT2D eigenvalue weighted by molar-refractivity contribution is -0.116. The zero-order chi connectivity index (χ0) is 33.3. The smallest absolute Gasteiger partial charge is 0.414 e. The molecular weight excluding hydrogens is 614 g/mol. The maximum atomic E-state index is 13.4. The standard InChI is InChI=1S/C32H35N5O8S/c1-32(2,3)22-13-15-26(16-14-22)46(40,41)36-29-28(45-25-12-8-11-24(19-25)42-4)30(35-21-34-29)43-17-18-44-31(39)37(20-27(33)38)23-9-6-5-7-10-23/h5-16,19,21H,17-18,20H2,1-4H3,(H2,33,38)(H,34,35,36). The third-order valence-electron chi connectivity index (χ3n) is 6.44. The molecule has 4 aromatic rings. The highest BCUT2D eigenvalue weighted by molar-refractivity contribution is 7.92. The zero-order valence-electron chi connectivity index (χ0n) is 25.8. The van der Waals surface area contributed by atoms with E-state index in [0.29, 0.717) is 11.4 Å². The largest absolute Gasteiger partial charge is 0.497 e. The van der Waals surface area contributed by atoms with Gasteiger partial charge in [-0.2, -0.15) is 4.98 Å². The van der Waals surface area contributed by atoms with Gasteiger partial charge in [-0.1, -0.05) is 57.2 Å². The van der Waals surface area contributed by atoms with E-state index in [1.54, 1.807) is 66.7 Å². The van der Waals surface area contributed by atoms with E-state index in [1.807, 2.05) is 20.8 Å². The molecule has 14 heteroatoms. The Bertz CT molecular complexity index is 1760. The van der Waals surface area contributed by atoms with E-state index in [0.717, 1.165) is 16.8 Å². The second kappa shape index (κ2) is 14.6. The van der Waals surface area contributed by atoms with Gasteiger partial charge in [-0.25, -0.2) is 18.2 Å². The zero-order valence-corrected chi connectivity index (χ0v) is 26.6. The quantitative estimate of drug-likeness (QED) is 0.190. The SMILES string of the molecule is COc1cccc(Oc2c(NS(=O)(=O)c3ccc(C(C)(C)C)cc3)ncnc2OCCOC(=O)N(CC(N)=O)c2ccccc2)c1. The Balaban J connectivity index is 1.55. The lowest BCUT2D eigenvalue weighted by atomic mass is 9.87. The fourth-order valence-electron chi connectivity index (χ4n) is 4.10. The summed E-state index contributed by atoms with van der Waals surface area (Å²) in [5, 5.41) is 0. The molecule has 0 spiro atoms. The summed E-state index contributed by atoms with van der Waals surface area (Å²) < 4.78 is 51.6. The third kappa shape index (κ3) is 8.85. The number of benzene rings is 3. The van der Waals surface area contributed by atoms with Gasteiger partial charge < -0.3 is 24.7 Å². The van der Waals surface area contributed by atoms with E-state index in [4.69, 9.17) is 24.7 Å². The average Bonchev–Trinajstić information content (AvgIpc) is 3.03. The normalized spacial score (nSPS) is 11.3. The number of nitrogens with one attached hydrogen (secondary N) is 1. The molecule has 1 heterocycles. The Labute approximate surface area is 267 Å². The molecule has 0 radical (unpaired) electrons. The van der Waals surface area contributed by atoms with E-state index >= 15 is 0 Å². The van der Waals surface area contributed by atoms with Gasteiger partial charge in [-0.15, -0.1) is 0 Å². The Morgan fingerprint density at radius 1 is 0.913 bits per heavy atom. The molecule has 4 rings (SSSR count). The molecule has 0 aliphatic carbocycles. The van der Waals surface area contributed by atoms with Crippen LogP contribution < -0.4 is 29.6 Å². The van der Waals surface area contributed by atoms with Crippen molar-refractivity contribution in [1.82, 2.24) is 9.97 Å². The van der Waals surface area contributed by atoms with Gasteiger partial charge in [-0.05, 0) is 47.4 Å². The van der Waals surface area contributed by atoms with Gasteiger partial charge in [0.05, 0.1) is 12.0 Å². The lowest BCUT2D eigenvalue weighted by Crippen LogP contribution is -2.39. The summed E-state index contributed by atoms with van der Waals surface area (Å²) in [6.45, 7) is 5.22. The van der Waals surface area contributed by atoms with Crippen molar-refractivity contribution in [3.63, 3.8) is 0 Å². The number of carbonyl (C=O) groups excluding carboxylic acids is 2. The molecule has 0 atom stereocenters. The molecule has 0 aliphatic heterocycles. The van der Waals surface area contributed by atoms with Gasteiger partial charge in [-0.3, -0.25) is 14.4 Å². The van der Waals surface area contributed by atoms with Crippen LogP contribution in [0.25, 0.3) is 0 Å². The van der Waals surface area contributed by atoms with Crippen LogP contribution in [-0.2, 0) is 25.0 Å². The van der Waals surface area contributed by atoms with Crippen molar-refractivity contribution in [1.29, 1.82) is 0 Å². The first-order chi connectivity index (χ1) is 21.9. The van der Waals surface area contributed by atoms with E-state index in [2.05, 4.69) is 14.7 Å². The number of ether oxygens (including phenoxy) is 4. The number of methoxy groups -OCH3 is 1. The van der Waals surface area contributed by atoms with E-state index in [1.165, 1.54) is 19.2 Å². The predicted octanol–water partition coefficient (Wildman–Crippen LogP) is 4.88. The Morgan fingerprint density at radius 2 is 1.61 bits per heavy atom. The summed E-state index contributed by atoms with van der Waals surface area (Å²) in [6.07, 6.45) is 0.278. The van der Waals surface area contributed by atoms with Gasteiger partial charge in [0, 0.05) is 11.8 Å². The highest BCUT2D eigenvalue weighted by Crippen LogP contribution is 2.37. The Hall–Kier alpha value is -5.37. The molecule has 46 heavy (non-hydrogen) atoms. The molecular formula is C32H35N5O8S. The van der Waals surface area contributed by atoms with Crippen LogP contribution in [0.15, 0.2) is 90.1 Å². The first-order valence-corrected chi connectivity index (χ1v) is 15.6. The number of sulfonamides is 1. The molecule has 1 aromatic heterocycles. The Morgan fingerprint density at radius 3 is 2.26 bits per heavy atom. The van der Waals surface area contributed by atoms with Crippen LogP contribution in [-0.4, -0.2) is 57.3 Å². The molecule has 0 saturated carbocycles. The van der Waals surface area contributed by atoms with Crippen LogP contribution >= 0.6 is 0 Å². The van der Waals surface area contributed by atoms with Gasteiger partial charge in [0.15, 0.2) is 5.82 Å². The first kappa shape index (κ1) is 33.5. The van der Waals surface area contributed by atoms with E-state index in [-0.39, 0.29) is 46.7 Å². The van der Waals surface area contributed by atoms with Crippen molar-refractivity contribution in [3.05, 3.63) is 90.8 Å². The van der Waals surface area contributed by atoms with Gasteiger partial charge in [0.1, 0.15) is 37.6 Å². The summed E-state index contributed by atoms with van der Waals surface area (Å²) in [6, 6.07) is 21.5. The molecule has 0 fully saturated rings. The van der Waals surface area contributed by atoms with Crippen LogP contribution in [0.2, 0.25) is 0 Å². The minimum atomic E-state index is -4.12. The van der Waals surface area contributed by atoms with Crippen LogP contribution in [0.4, 0.5) is 16.3 Å². The number of primary amides is 1. The number of carbonyl (C=O) groups is 2. The number of anilines is 2. The van der Waals surface area contributed by atoms with Crippen LogP contribution in [0.5, 0.6) is 23.1 Å². The number of rotatable bonds is 13. The molecule has 3 aromatic carbocycles. The first-order valence-electron chi connectivity index (χ1n) is 14.1. The van der Waals surface area contributed by atoms with Gasteiger partial charge >= 0.3 is 6.09 Å².